The van der Waals surface area contributed by atoms with Crippen LogP contribution in [0.25, 0.3) is 11.1 Å². The molecule has 5 heteroatoms. The molecule has 1 saturated heterocycles. The Bertz CT molecular complexity index is 1180. The second-order valence-electron chi connectivity index (χ2n) is 8.62. The molecule has 0 amide bonds. The number of hydrogen-bond acceptors (Lipinski definition) is 3. The summed E-state index contributed by atoms with van der Waals surface area (Å²) in [5.41, 5.74) is 5.83. The lowest BCUT2D eigenvalue weighted by atomic mass is 9.86. The number of allylic oxidation sites excluding steroid dienone is 1. The first-order valence-corrected chi connectivity index (χ1v) is 11.7. The molecule has 3 aromatic carbocycles. The fourth-order valence-corrected chi connectivity index (χ4v) is 4.86. The van der Waals surface area contributed by atoms with Gasteiger partial charge in [0.1, 0.15) is 23.4 Å². The van der Waals surface area contributed by atoms with Crippen molar-refractivity contribution >= 4 is 22.7 Å². The molecule has 3 nitrogen and oxygen atoms in total. The van der Waals surface area contributed by atoms with E-state index in [4.69, 9.17) is 25.8 Å². The highest BCUT2D eigenvalue weighted by Crippen LogP contribution is 2.50. The first kappa shape index (κ1) is 22.0. The van der Waals surface area contributed by atoms with Gasteiger partial charge < -0.3 is 14.2 Å². The second kappa shape index (κ2) is 9.20. The minimum absolute atomic E-state index is 0.276. The van der Waals surface area contributed by atoms with Gasteiger partial charge in [-0.2, -0.15) is 0 Å². The van der Waals surface area contributed by atoms with Crippen molar-refractivity contribution in [2.24, 2.45) is 0 Å². The molecule has 5 rings (SSSR count). The van der Waals surface area contributed by atoms with Crippen LogP contribution < -0.4 is 9.47 Å². The molecule has 0 aliphatic carbocycles. The van der Waals surface area contributed by atoms with Crippen molar-refractivity contribution in [2.45, 2.75) is 45.5 Å². The quantitative estimate of drug-likeness (QED) is 0.395. The summed E-state index contributed by atoms with van der Waals surface area (Å²) in [5, 5.41) is 0.501. The topological polar surface area (TPSA) is 27.7 Å². The predicted molar refractivity (Wildman–Crippen MR) is 129 cm³/mol. The Labute approximate surface area is 198 Å². The number of rotatable bonds is 4. The Kier molecular flexibility index (Phi) is 6.13. The highest BCUT2D eigenvalue weighted by Gasteiger charge is 2.32. The van der Waals surface area contributed by atoms with Crippen LogP contribution in [0, 0.1) is 12.7 Å². The molecular formula is C28H26ClFO3. The smallest absolute Gasteiger partial charge is 0.199 e. The molecule has 2 aliphatic rings. The van der Waals surface area contributed by atoms with E-state index in [1.54, 1.807) is 12.1 Å². The van der Waals surface area contributed by atoms with Crippen molar-refractivity contribution < 1.29 is 18.6 Å². The zero-order valence-corrected chi connectivity index (χ0v) is 19.5. The normalized spacial score (nSPS) is 20.2. The highest BCUT2D eigenvalue weighted by atomic mass is 35.5. The van der Waals surface area contributed by atoms with Crippen LogP contribution in [0.1, 0.15) is 54.5 Å². The van der Waals surface area contributed by atoms with Crippen LogP contribution in [0.15, 0.2) is 60.7 Å². The number of fused-ring (bicyclic) bond motifs is 1. The summed E-state index contributed by atoms with van der Waals surface area (Å²) in [4.78, 5) is 0. The number of halogens is 2. The summed E-state index contributed by atoms with van der Waals surface area (Å²) in [7, 11) is 0. The molecule has 0 bridgehead atoms. The monoisotopic (exact) mass is 464 g/mol. The summed E-state index contributed by atoms with van der Waals surface area (Å²) in [6.45, 7) is 4.79. The maximum absolute atomic E-state index is 13.7. The molecule has 2 aliphatic heterocycles. The Hall–Kier alpha value is -2.82. The minimum Gasteiger partial charge on any atom is -0.480 e. The van der Waals surface area contributed by atoms with Gasteiger partial charge >= 0.3 is 0 Å². The van der Waals surface area contributed by atoms with E-state index in [0.717, 1.165) is 47.1 Å². The van der Waals surface area contributed by atoms with E-state index in [9.17, 15) is 4.39 Å². The number of hydrogen-bond donors (Lipinski definition) is 0. The van der Waals surface area contributed by atoms with Crippen LogP contribution in [-0.4, -0.2) is 12.9 Å². The van der Waals surface area contributed by atoms with E-state index in [1.165, 1.54) is 17.7 Å². The predicted octanol–water partition coefficient (Wildman–Crippen LogP) is 7.76. The number of benzene rings is 3. The van der Waals surface area contributed by atoms with Gasteiger partial charge in [-0.3, -0.25) is 0 Å². The highest BCUT2D eigenvalue weighted by molar-refractivity contribution is 6.34. The van der Waals surface area contributed by atoms with Crippen LogP contribution in [0.4, 0.5) is 4.39 Å². The maximum Gasteiger partial charge on any atom is 0.199 e. The van der Waals surface area contributed by atoms with Crippen molar-refractivity contribution in [3.63, 3.8) is 0 Å². The van der Waals surface area contributed by atoms with Gasteiger partial charge in [0.05, 0.1) is 11.6 Å². The molecule has 2 heterocycles. The van der Waals surface area contributed by atoms with Crippen LogP contribution in [0.5, 0.6) is 11.5 Å². The summed E-state index contributed by atoms with van der Waals surface area (Å²) >= 11 is 6.88. The standard InChI is InChI=1S/C28H26ClFO3/c1-17-6-8-20(9-7-17)28-25(19-10-12-21(30)13-11-19)18(2)26-22(33-28)14-15-23(27(26)29)32-24-5-3-4-16-31-24/h6-15,24,28H,3-5,16H2,1-2H3. The van der Waals surface area contributed by atoms with Crippen molar-refractivity contribution in [1.29, 1.82) is 0 Å². The Balaban J connectivity index is 1.61. The average Bonchev–Trinajstić information content (AvgIpc) is 2.82. The van der Waals surface area contributed by atoms with Gasteiger partial charge in [-0.1, -0.05) is 53.6 Å². The van der Waals surface area contributed by atoms with Crippen LogP contribution in [-0.2, 0) is 4.74 Å². The third-order valence-corrected chi connectivity index (χ3v) is 6.66. The largest absolute Gasteiger partial charge is 0.480 e. The third-order valence-electron chi connectivity index (χ3n) is 6.29. The maximum atomic E-state index is 13.7. The lowest BCUT2D eigenvalue weighted by molar-refractivity contribution is -0.105. The second-order valence-corrected chi connectivity index (χ2v) is 9.00. The average molecular weight is 465 g/mol. The van der Waals surface area contributed by atoms with Gasteiger partial charge in [-0.15, -0.1) is 0 Å². The first-order valence-electron chi connectivity index (χ1n) is 11.3. The molecular weight excluding hydrogens is 439 g/mol. The van der Waals surface area contributed by atoms with Gasteiger partial charge in [-0.25, -0.2) is 4.39 Å². The van der Waals surface area contributed by atoms with Gasteiger partial charge in [-0.05, 0) is 67.7 Å². The fourth-order valence-electron chi connectivity index (χ4n) is 4.51. The summed E-state index contributed by atoms with van der Waals surface area (Å²) in [6.07, 6.45) is 2.33. The van der Waals surface area contributed by atoms with Crippen molar-refractivity contribution in [3.05, 3.63) is 93.8 Å². The van der Waals surface area contributed by atoms with Gasteiger partial charge in [0.2, 0.25) is 0 Å². The Morgan fingerprint density at radius 2 is 1.70 bits per heavy atom. The Morgan fingerprint density at radius 1 is 0.939 bits per heavy atom. The molecule has 0 aromatic heterocycles. The molecule has 1 fully saturated rings. The molecule has 0 N–H and O–H groups in total. The van der Waals surface area contributed by atoms with Crippen molar-refractivity contribution in [3.8, 4) is 11.5 Å². The molecule has 33 heavy (non-hydrogen) atoms. The molecule has 2 unspecified atom stereocenters. The van der Waals surface area contributed by atoms with Crippen LogP contribution in [0.3, 0.4) is 0 Å². The van der Waals surface area contributed by atoms with E-state index < -0.39 is 0 Å². The molecule has 0 saturated carbocycles. The van der Waals surface area contributed by atoms with Crippen LogP contribution >= 0.6 is 11.6 Å². The fraction of sp³-hybridized carbons (Fsp3) is 0.286. The molecule has 0 radical (unpaired) electrons. The zero-order chi connectivity index (χ0) is 22.9. The molecule has 3 aromatic rings. The summed E-state index contributed by atoms with van der Waals surface area (Å²) in [5.74, 6) is 1.01. The van der Waals surface area contributed by atoms with Gasteiger partial charge in [0, 0.05) is 17.6 Å². The number of aryl methyl sites for hydroxylation is 1. The lowest BCUT2D eigenvalue weighted by Crippen LogP contribution is -2.25. The zero-order valence-electron chi connectivity index (χ0n) is 18.7. The van der Waals surface area contributed by atoms with E-state index in [1.807, 2.05) is 19.1 Å². The van der Waals surface area contributed by atoms with Crippen molar-refractivity contribution in [1.82, 2.24) is 0 Å². The first-order chi connectivity index (χ1) is 16.0. The minimum atomic E-state index is -0.340. The van der Waals surface area contributed by atoms with E-state index in [-0.39, 0.29) is 18.2 Å². The molecule has 170 valence electrons. The van der Waals surface area contributed by atoms with E-state index in [0.29, 0.717) is 23.1 Å². The molecule has 2 atom stereocenters. The van der Waals surface area contributed by atoms with Gasteiger partial charge in [0.25, 0.3) is 0 Å². The Morgan fingerprint density at radius 3 is 2.39 bits per heavy atom. The van der Waals surface area contributed by atoms with E-state index >= 15 is 0 Å². The lowest BCUT2D eigenvalue weighted by Gasteiger charge is -2.32. The number of ether oxygens (including phenoxy) is 3. The summed E-state index contributed by atoms with van der Waals surface area (Å²) < 4.78 is 32.1. The third kappa shape index (κ3) is 4.38. The van der Waals surface area contributed by atoms with E-state index in [2.05, 4.69) is 31.2 Å². The molecule has 0 spiro atoms. The van der Waals surface area contributed by atoms with Crippen LogP contribution in [0.2, 0.25) is 5.02 Å². The van der Waals surface area contributed by atoms with Gasteiger partial charge in [0.15, 0.2) is 6.29 Å². The SMILES string of the molecule is CC1=C(c2ccc(F)cc2)C(c2ccc(C)cc2)Oc2ccc(OC3CCCCO3)c(Cl)c21. The summed E-state index contributed by atoms with van der Waals surface area (Å²) in [6, 6.07) is 18.6. The van der Waals surface area contributed by atoms with Crippen molar-refractivity contribution in [2.75, 3.05) is 6.61 Å².